The molecule has 1 aromatic heterocycles. The topological polar surface area (TPSA) is 103 Å². The fourth-order valence-electron chi connectivity index (χ4n) is 1.78. The summed E-state index contributed by atoms with van der Waals surface area (Å²) in [7, 11) is 0. The van der Waals surface area contributed by atoms with E-state index < -0.39 is 4.92 Å². The highest BCUT2D eigenvalue weighted by Gasteiger charge is 2.11. The number of halogens is 1. The van der Waals surface area contributed by atoms with Crippen LogP contribution < -0.4 is 16.8 Å². The summed E-state index contributed by atoms with van der Waals surface area (Å²) in [6, 6.07) is 7.59. The van der Waals surface area contributed by atoms with Crippen molar-refractivity contribution in [1.29, 1.82) is 0 Å². The summed E-state index contributed by atoms with van der Waals surface area (Å²) >= 11 is 3.15. The molecule has 7 nitrogen and oxygen atoms in total. The Morgan fingerprint density at radius 1 is 1.40 bits per heavy atom. The Hall–Kier alpha value is -2.19. The second kappa shape index (κ2) is 5.85. The molecule has 2 rings (SSSR count). The number of hydrazine groups is 1. The lowest BCUT2D eigenvalue weighted by Gasteiger charge is -2.10. The molecular weight excluding hydrogens is 328 g/mol. The number of nitro groups is 1. The zero-order valence-corrected chi connectivity index (χ0v) is 11.8. The second-order valence-electron chi connectivity index (χ2n) is 4.03. The van der Waals surface area contributed by atoms with Crippen LogP contribution in [0.1, 0.15) is 5.56 Å². The molecule has 0 saturated carbocycles. The van der Waals surface area contributed by atoms with Crippen LogP contribution in [0.25, 0.3) is 0 Å². The second-order valence-corrected chi connectivity index (χ2v) is 4.89. The predicted octanol–water partition coefficient (Wildman–Crippen LogP) is 1.85. The molecular formula is C12H11BrN4O3. The van der Waals surface area contributed by atoms with E-state index in [0.29, 0.717) is 15.7 Å². The van der Waals surface area contributed by atoms with Gasteiger partial charge in [0, 0.05) is 23.9 Å². The van der Waals surface area contributed by atoms with E-state index in [-0.39, 0.29) is 17.8 Å². The molecule has 0 fully saturated rings. The third-order valence-electron chi connectivity index (χ3n) is 2.77. The minimum Gasteiger partial charge on any atom is -0.324 e. The van der Waals surface area contributed by atoms with Gasteiger partial charge in [0.1, 0.15) is 0 Å². The highest BCUT2D eigenvalue weighted by molar-refractivity contribution is 9.10. The molecule has 1 heterocycles. The van der Waals surface area contributed by atoms with Gasteiger partial charge in [0.2, 0.25) is 0 Å². The predicted molar refractivity (Wildman–Crippen MR) is 78.4 cm³/mol. The van der Waals surface area contributed by atoms with Crippen LogP contribution in [0.3, 0.4) is 0 Å². The highest BCUT2D eigenvalue weighted by atomic mass is 79.9. The molecule has 104 valence electrons. The summed E-state index contributed by atoms with van der Waals surface area (Å²) in [5.74, 6) is 5.38. The summed E-state index contributed by atoms with van der Waals surface area (Å²) in [4.78, 5) is 22.2. The Morgan fingerprint density at radius 3 is 2.80 bits per heavy atom. The van der Waals surface area contributed by atoms with Crippen molar-refractivity contribution in [3.63, 3.8) is 0 Å². The number of nitrogens with zero attached hydrogens (tertiary/aromatic N) is 2. The zero-order chi connectivity index (χ0) is 14.7. The maximum Gasteiger partial charge on any atom is 0.269 e. The van der Waals surface area contributed by atoms with E-state index in [9.17, 15) is 14.9 Å². The number of nitro benzene ring substituents is 1. The van der Waals surface area contributed by atoms with Crippen molar-refractivity contribution in [2.45, 2.75) is 6.54 Å². The molecule has 8 heteroatoms. The van der Waals surface area contributed by atoms with E-state index in [1.54, 1.807) is 18.3 Å². The number of hydrogen-bond donors (Lipinski definition) is 2. The summed E-state index contributed by atoms with van der Waals surface area (Å²) in [6.45, 7) is 0.180. The van der Waals surface area contributed by atoms with Crippen molar-refractivity contribution in [1.82, 2.24) is 4.57 Å². The van der Waals surface area contributed by atoms with Crippen LogP contribution in [-0.2, 0) is 6.54 Å². The third kappa shape index (κ3) is 2.86. The van der Waals surface area contributed by atoms with E-state index in [2.05, 4.69) is 21.4 Å². The zero-order valence-electron chi connectivity index (χ0n) is 10.2. The minimum absolute atomic E-state index is 0.0537. The van der Waals surface area contributed by atoms with Crippen molar-refractivity contribution in [2.24, 2.45) is 5.84 Å². The number of rotatable bonds is 4. The number of benzene rings is 1. The van der Waals surface area contributed by atoms with Gasteiger partial charge in [-0.2, -0.15) is 0 Å². The van der Waals surface area contributed by atoms with Gasteiger partial charge in [-0.3, -0.25) is 20.8 Å². The van der Waals surface area contributed by atoms with Crippen LogP contribution in [0, 0.1) is 10.1 Å². The fourth-order valence-corrected chi connectivity index (χ4v) is 2.16. The van der Waals surface area contributed by atoms with Crippen LogP contribution in [0.2, 0.25) is 0 Å². The number of nitrogens with two attached hydrogens (primary N) is 1. The quantitative estimate of drug-likeness (QED) is 0.503. The van der Waals surface area contributed by atoms with E-state index in [1.165, 1.54) is 22.8 Å². The van der Waals surface area contributed by atoms with Crippen LogP contribution in [-0.4, -0.2) is 9.49 Å². The van der Waals surface area contributed by atoms with Gasteiger partial charge < -0.3 is 9.99 Å². The molecule has 0 aliphatic heterocycles. The lowest BCUT2D eigenvalue weighted by atomic mass is 10.1. The summed E-state index contributed by atoms with van der Waals surface area (Å²) in [5.41, 5.74) is 3.28. The summed E-state index contributed by atoms with van der Waals surface area (Å²) in [5, 5.41) is 10.8. The van der Waals surface area contributed by atoms with E-state index in [4.69, 9.17) is 5.84 Å². The van der Waals surface area contributed by atoms with Crippen molar-refractivity contribution >= 4 is 27.3 Å². The smallest absolute Gasteiger partial charge is 0.269 e. The molecule has 0 spiro atoms. The number of hydrogen-bond acceptors (Lipinski definition) is 5. The molecule has 0 saturated heterocycles. The Labute approximate surface area is 122 Å². The Morgan fingerprint density at radius 2 is 2.15 bits per heavy atom. The number of non-ortho nitro benzene ring substituents is 1. The first-order valence-electron chi connectivity index (χ1n) is 5.62. The number of nitrogen functional groups attached to an aromatic ring is 1. The van der Waals surface area contributed by atoms with Crippen molar-refractivity contribution in [3.05, 3.63) is 67.0 Å². The highest BCUT2D eigenvalue weighted by Crippen LogP contribution is 2.22. The van der Waals surface area contributed by atoms with Crippen molar-refractivity contribution in [3.8, 4) is 0 Å². The van der Waals surface area contributed by atoms with Crippen LogP contribution in [0.15, 0.2) is 45.8 Å². The Kier molecular flexibility index (Phi) is 4.16. The maximum absolute atomic E-state index is 11.9. The molecule has 2 aromatic rings. The van der Waals surface area contributed by atoms with Crippen LogP contribution in [0.4, 0.5) is 11.4 Å². The molecule has 0 aliphatic rings. The lowest BCUT2D eigenvalue weighted by molar-refractivity contribution is -0.384. The standard InChI is InChI=1S/C12H11BrN4O3/c13-10-2-1-5-16(12(10)18)7-8-6-9(17(19)20)3-4-11(8)15-14/h1-6,15H,7,14H2. The molecule has 0 atom stereocenters. The number of anilines is 1. The largest absolute Gasteiger partial charge is 0.324 e. The van der Waals surface area contributed by atoms with E-state index in [1.807, 2.05) is 0 Å². The van der Waals surface area contributed by atoms with E-state index in [0.717, 1.165) is 0 Å². The Bertz CT molecular complexity index is 714. The SMILES string of the molecule is NNc1ccc([N+](=O)[O-])cc1Cn1cccc(Br)c1=O. The molecule has 0 aliphatic carbocycles. The maximum atomic E-state index is 11.9. The first kappa shape index (κ1) is 14.2. The van der Waals surface area contributed by atoms with Gasteiger partial charge in [0.05, 0.1) is 21.6 Å². The van der Waals surface area contributed by atoms with Gasteiger partial charge in [-0.25, -0.2) is 0 Å². The molecule has 0 amide bonds. The third-order valence-corrected chi connectivity index (χ3v) is 3.37. The number of nitrogens with one attached hydrogen (secondary N) is 1. The Balaban J connectivity index is 2.46. The molecule has 0 radical (unpaired) electrons. The van der Waals surface area contributed by atoms with Gasteiger partial charge in [-0.05, 0) is 34.1 Å². The fraction of sp³-hybridized carbons (Fsp3) is 0.0833. The summed E-state index contributed by atoms with van der Waals surface area (Å²) in [6.07, 6.45) is 1.60. The van der Waals surface area contributed by atoms with Gasteiger partial charge in [0.25, 0.3) is 11.2 Å². The first-order valence-corrected chi connectivity index (χ1v) is 6.41. The normalized spacial score (nSPS) is 10.3. The van der Waals surface area contributed by atoms with Gasteiger partial charge in [0.15, 0.2) is 0 Å². The van der Waals surface area contributed by atoms with E-state index >= 15 is 0 Å². The van der Waals surface area contributed by atoms with Crippen molar-refractivity contribution < 1.29 is 4.92 Å². The first-order chi connectivity index (χ1) is 9.52. The average Bonchev–Trinajstić information content (AvgIpc) is 2.43. The number of aromatic nitrogens is 1. The molecule has 20 heavy (non-hydrogen) atoms. The molecule has 1 aromatic carbocycles. The summed E-state index contributed by atoms with van der Waals surface area (Å²) < 4.78 is 1.86. The van der Waals surface area contributed by atoms with Gasteiger partial charge >= 0.3 is 0 Å². The molecule has 0 unspecified atom stereocenters. The lowest BCUT2D eigenvalue weighted by Crippen LogP contribution is -2.21. The monoisotopic (exact) mass is 338 g/mol. The minimum atomic E-state index is -0.493. The molecule has 3 N–H and O–H groups in total. The number of pyridine rings is 1. The van der Waals surface area contributed by atoms with Crippen LogP contribution in [0.5, 0.6) is 0 Å². The van der Waals surface area contributed by atoms with Gasteiger partial charge in [-0.15, -0.1) is 0 Å². The van der Waals surface area contributed by atoms with Crippen molar-refractivity contribution in [2.75, 3.05) is 5.43 Å². The van der Waals surface area contributed by atoms with Gasteiger partial charge in [-0.1, -0.05) is 0 Å². The average molecular weight is 339 g/mol. The van der Waals surface area contributed by atoms with Crippen LogP contribution >= 0.6 is 15.9 Å². The molecule has 0 bridgehead atoms.